The molecule has 2 N–H and O–H groups in total. The molecule has 0 saturated carbocycles. The Bertz CT molecular complexity index is 868. The predicted octanol–water partition coefficient (Wildman–Crippen LogP) is 3.62. The van der Waals surface area contributed by atoms with Crippen LogP contribution in [0.2, 0.25) is 0 Å². The molecule has 1 atom stereocenters. The van der Waals surface area contributed by atoms with Gasteiger partial charge in [0.15, 0.2) is 17.6 Å². The van der Waals surface area contributed by atoms with Crippen LogP contribution >= 0.6 is 0 Å². The molecule has 1 heterocycles. The van der Waals surface area contributed by atoms with Gasteiger partial charge in [-0.15, -0.1) is 0 Å². The molecule has 3 rings (SSSR count). The van der Waals surface area contributed by atoms with Gasteiger partial charge in [0, 0.05) is 46.4 Å². The van der Waals surface area contributed by atoms with E-state index in [1.807, 2.05) is 0 Å². The van der Waals surface area contributed by atoms with Crippen LogP contribution in [0.4, 0.5) is 13.2 Å². The van der Waals surface area contributed by atoms with E-state index in [1.165, 1.54) is 24.3 Å². The summed E-state index contributed by atoms with van der Waals surface area (Å²) in [7, 11) is 3.34. The maximum atomic E-state index is 13.4. The van der Waals surface area contributed by atoms with E-state index >= 15 is 0 Å². The number of piperidine rings is 1. The second kappa shape index (κ2) is 11.2. The van der Waals surface area contributed by atoms with Gasteiger partial charge in [0.1, 0.15) is 5.82 Å². The van der Waals surface area contributed by atoms with Crippen LogP contribution in [-0.4, -0.2) is 50.7 Å². The lowest BCUT2D eigenvalue weighted by atomic mass is 10.0. The summed E-state index contributed by atoms with van der Waals surface area (Å²) in [5.74, 6) is -1.22. The van der Waals surface area contributed by atoms with Crippen LogP contribution in [0.15, 0.2) is 47.5 Å². The molecular weight excluding hydrogens is 405 g/mol. The van der Waals surface area contributed by atoms with E-state index in [0.29, 0.717) is 19.0 Å². The van der Waals surface area contributed by atoms with Crippen LogP contribution in [-0.2, 0) is 11.3 Å². The van der Waals surface area contributed by atoms with Crippen molar-refractivity contribution in [2.75, 3.05) is 33.8 Å². The van der Waals surface area contributed by atoms with Gasteiger partial charge in [0.25, 0.3) is 0 Å². The molecule has 2 aromatic carbocycles. The zero-order valence-electron chi connectivity index (χ0n) is 17.9. The molecule has 1 fully saturated rings. The van der Waals surface area contributed by atoms with Crippen molar-refractivity contribution >= 4 is 5.96 Å². The zero-order chi connectivity index (χ0) is 22.2. The number of rotatable bonds is 7. The number of hydrogen-bond donors (Lipinski definition) is 2. The Kier molecular flexibility index (Phi) is 8.31. The predicted molar refractivity (Wildman–Crippen MR) is 115 cm³/mol. The number of guanidine groups is 1. The first-order valence-corrected chi connectivity index (χ1v) is 10.4. The fourth-order valence-corrected chi connectivity index (χ4v) is 3.72. The Morgan fingerprint density at radius 3 is 2.42 bits per heavy atom. The SMILES string of the molecule is CN=C(NCC(OC)c1ccc(F)cc1)NC1CCN(Cc2ccc(F)c(F)c2)CC1. The number of benzene rings is 2. The molecule has 1 unspecified atom stereocenters. The maximum Gasteiger partial charge on any atom is 0.191 e. The van der Waals surface area contributed by atoms with Gasteiger partial charge in [-0.05, 0) is 48.2 Å². The minimum absolute atomic E-state index is 0.225. The van der Waals surface area contributed by atoms with Gasteiger partial charge >= 0.3 is 0 Å². The Balaban J connectivity index is 1.45. The standard InChI is InChI=1S/C23H29F3N4O/c1-27-23(28-14-22(31-2)17-4-6-18(24)7-5-17)29-19-9-11-30(12-10-19)15-16-3-8-20(25)21(26)13-16/h3-8,13,19,22H,9-12,14-15H2,1-2H3,(H2,27,28,29). The number of hydrogen-bond acceptors (Lipinski definition) is 3. The molecule has 1 aliphatic rings. The average molecular weight is 435 g/mol. The molecule has 1 saturated heterocycles. The Morgan fingerprint density at radius 2 is 1.81 bits per heavy atom. The molecule has 8 heteroatoms. The first-order chi connectivity index (χ1) is 15.0. The lowest BCUT2D eigenvalue weighted by Gasteiger charge is -2.33. The smallest absolute Gasteiger partial charge is 0.191 e. The highest BCUT2D eigenvalue weighted by Gasteiger charge is 2.21. The van der Waals surface area contributed by atoms with E-state index in [9.17, 15) is 13.2 Å². The molecule has 0 aliphatic carbocycles. The molecule has 0 amide bonds. The summed E-state index contributed by atoms with van der Waals surface area (Å²) in [6, 6.07) is 10.6. The van der Waals surface area contributed by atoms with Crippen molar-refractivity contribution in [3.63, 3.8) is 0 Å². The number of methoxy groups -OCH3 is 1. The first-order valence-electron chi connectivity index (χ1n) is 10.4. The van der Waals surface area contributed by atoms with Crippen molar-refractivity contribution in [3.05, 3.63) is 71.0 Å². The third-order valence-corrected chi connectivity index (χ3v) is 5.52. The summed E-state index contributed by atoms with van der Waals surface area (Å²) in [6.45, 7) is 2.80. The molecule has 2 aromatic rings. The molecule has 31 heavy (non-hydrogen) atoms. The zero-order valence-corrected chi connectivity index (χ0v) is 17.9. The number of ether oxygens (including phenoxy) is 1. The Morgan fingerprint density at radius 1 is 1.10 bits per heavy atom. The monoisotopic (exact) mass is 434 g/mol. The fraction of sp³-hybridized carbons (Fsp3) is 0.435. The molecule has 168 valence electrons. The average Bonchev–Trinajstić information content (AvgIpc) is 2.78. The van der Waals surface area contributed by atoms with Crippen LogP contribution in [0.25, 0.3) is 0 Å². The van der Waals surface area contributed by atoms with Gasteiger partial charge in [0.05, 0.1) is 6.10 Å². The van der Waals surface area contributed by atoms with Gasteiger partial charge < -0.3 is 15.4 Å². The van der Waals surface area contributed by atoms with Crippen molar-refractivity contribution in [2.45, 2.75) is 31.5 Å². The summed E-state index contributed by atoms with van der Waals surface area (Å²) >= 11 is 0. The van der Waals surface area contributed by atoms with E-state index in [-0.39, 0.29) is 18.0 Å². The van der Waals surface area contributed by atoms with Gasteiger partial charge in [-0.3, -0.25) is 9.89 Å². The second-order valence-corrected chi connectivity index (χ2v) is 7.67. The van der Waals surface area contributed by atoms with Crippen molar-refractivity contribution in [3.8, 4) is 0 Å². The summed E-state index contributed by atoms with van der Waals surface area (Å²) in [4.78, 5) is 6.52. The van der Waals surface area contributed by atoms with Gasteiger partial charge in [-0.25, -0.2) is 13.2 Å². The molecule has 1 aliphatic heterocycles. The second-order valence-electron chi connectivity index (χ2n) is 7.67. The highest BCUT2D eigenvalue weighted by Crippen LogP contribution is 2.17. The van der Waals surface area contributed by atoms with Crippen LogP contribution in [0.1, 0.15) is 30.1 Å². The van der Waals surface area contributed by atoms with Crippen LogP contribution in [0.5, 0.6) is 0 Å². The van der Waals surface area contributed by atoms with E-state index < -0.39 is 11.6 Å². The number of likely N-dealkylation sites (tertiary alicyclic amines) is 1. The molecule has 0 radical (unpaired) electrons. The highest BCUT2D eigenvalue weighted by molar-refractivity contribution is 5.80. The van der Waals surface area contributed by atoms with Crippen LogP contribution in [0.3, 0.4) is 0 Å². The van der Waals surface area contributed by atoms with Crippen LogP contribution < -0.4 is 10.6 Å². The van der Waals surface area contributed by atoms with E-state index in [1.54, 1.807) is 32.4 Å². The Hall–Kier alpha value is -2.58. The van der Waals surface area contributed by atoms with E-state index in [2.05, 4.69) is 20.5 Å². The topological polar surface area (TPSA) is 48.9 Å². The molecule has 0 bridgehead atoms. The number of aliphatic imine (C=N–C) groups is 1. The van der Waals surface area contributed by atoms with E-state index in [0.717, 1.165) is 37.1 Å². The summed E-state index contributed by atoms with van der Waals surface area (Å²) in [5.41, 5.74) is 1.66. The third kappa shape index (κ3) is 6.70. The summed E-state index contributed by atoms with van der Waals surface area (Å²) in [5, 5.41) is 6.71. The summed E-state index contributed by atoms with van der Waals surface area (Å²) in [6.07, 6.45) is 1.60. The van der Waals surface area contributed by atoms with Crippen molar-refractivity contribution < 1.29 is 17.9 Å². The quantitative estimate of drug-likeness (QED) is 0.516. The number of nitrogens with one attached hydrogen (secondary N) is 2. The highest BCUT2D eigenvalue weighted by atomic mass is 19.2. The van der Waals surface area contributed by atoms with E-state index in [4.69, 9.17) is 4.74 Å². The Labute approximate surface area is 181 Å². The molecule has 0 spiro atoms. The largest absolute Gasteiger partial charge is 0.375 e. The number of nitrogens with zero attached hydrogens (tertiary/aromatic N) is 2. The lowest BCUT2D eigenvalue weighted by Crippen LogP contribution is -2.49. The molecule has 0 aromatic heterocycles. The lowest BCUT2D eigenvalue weighted by molar-refractivity contribution is 0.106. The number of halogens is 3. The minimum atomic E-state index is -0.819. The van der Waals surface area contributed by atoms with Gasteiger partial charge in [-0.2, -0.15) is 0 Å². The first kappa shape index (κ1) is 23.1. The van der Waals surface area contributed by atoms with Gasteiger partial charge in [0.2, 0.25) is 0 Å². The van der Waals surface area contributed by atoms with Crippen LogP contribution in [0, 0.1) is 17.5 Å². The van der Waals surface area contributed by atoms with Crippen molar-refractivity contribution in [1.29, 1.82) is 0 Å². The molecular formula is C23H29F3N4O. The van der Waals surface area contributed by atoms with Gasteiger partial charge in [-0.1, -0.05) is 18.2 Å². The maximum absolute atomic E-state index is 13.4. The fourth-order valence-electron chi connectivity index (χ4n) is 3.72. The van der Waals surface area contributed by atoms with Crippen molar-refractivity contribution in [2.24, 2.45) is 4.99 Å². The minimum Gasteiger partial charge on any atom is -0.375 e. The summed E-state index contributed by atoms with van der Waals surface area (Å²) < 4.78 is 45.2. The molecule has 5 nitrogen and oxygen atoms in total. The van der Waals surface area contributed by atoms with Crippen molar-refractivity contribution in [1.82, 2.24) is 15.5 Å². The third-order valence-electron chi connectivity index (χ3n) is 5.52. The normalized spacial score (nSPS) is 16.9.